The van der Waals surface area contributed by atoms with Crippen molar-refractivity contribution < 1.29 is 23.5 Å². The van der Waals surface area contributed by atoms with Gasteiger partial charge in [0.25, 0.3) is 5.91 Å². The first kappa shape index (κ1) is 23.9. The Morgan fingerprint density at radius 1 is 0.914 bits per heavy atom. The lowest BCUT2D eigenvalue weighted by atomic mass is 9.98. The van der Waals surface area contributed by atoms with Gasteiger partial charge in [0.1, 0.15) is 16.9 Å². The van der Waals surface area contributed by atoms with E-state index in [4.69, 9.17) is 20.8 Å². The van der Waals surface area contributed by atoms with Crippen LogP contribution in [0.3, 0.4) is 0 Å². The Balaban J connectivity index is 1.60. The van der Waals surface area contributed by atoms with Gasteiger partial charge in [-0.3, -0.25) is 9.59 Å². The third kappa shape index (κ3) is 5.31. The maximum absolute atomic E-state index is 13.0. The quantitative estimate of drug-likeness (QED) is 0.169. The van der Waals surface area contributed by atoms with Crippen LogP contribution in [-0.4, -0.2) is 24.2 Å². The predicted octanol–water partition coefficient (Wildman–Crippen LogP) is 5.04. The molecule has 0 radical (unpaired) electrons. The number of carbonyl (C=O) groups excluding carboxylic acids is 3. The van der Waals surface area contributed by atoms with Crippen LogP contribution in [0.2, 0.25) is 5.02 Å². The molecule has 4 rings (SSSR count). The predicted molar refractivity (Wildman–Crippen MR) is 131 cm³/mol. The van der Waals surface area contributed by atoms with Crippen LogP contribution in [0.5, 0.6) is 5.75 Å². The largest absolute Gasteiger partial charge is 0.423 e. The average molecular weight is 490 g/mol. The first-order valence-electron chi connectivity index (χ1n) is 10.8. The molecule has 0 fully saturated rings. The number of halogens is 1. The van der Waals surface area contributed by atoms with E-state index >= 15 is 0 Å². The highest BCUT2D eigenvalue weighted by atomic mass is 35.5. The second-order valence-corrected chi connectivity index (χ2v) is 8.11. The monoisotopic (exact) mass is 489 g/mol. The molecule has 0 unspecified atom stereocenters. The molecule has 4 aromatic rings. The summed E-state index contributed by atoms with van der Waals surface area (Å²) >= 11 is 5.90. The Bertz CT molecular complexity index is 1490. The number of amides is 1. The van der Waals surface area contributed by atoms with Crippen LogP contribution in [0.25, 0.3) is 11.0 Å². The van der Waals surface area contributed by atoms with Crippen molar-refractivity contribution in [2.45, 2.75) is 13.3 Å². The molecule has 0 saturated heterocycles. The first-order valence-corrected chi connectivity index (χ1v) is 11.2. The standard InChI is InChI=1S/C27H20ClNO6/c1-2-13-29-25(31)22-14-17-9-12-19(15-23(17)35-27(22)33)34-26(32)21-6-4-3-5-20(21)24(30)16-7-10-18(28)11-8-16/h3-12,14-15H,2,13H2,1H3,(H,29,31). The molecule has 1 heterocycles. The molecular formula is C27H20ClNO6. The summed E-state index contributed by atoms with van der Waals surface area (Å²) in [5, 5.41) is 3.62. The molecule has 1 amide bonds. The number of nitrogens with one attached hydrogen (secondary N) is 1. The number of carbonyl (C=O) groups is 3. The van der Waals surface area contributed by atoms with Gasteiger partial charge in [-0.05, 0) is 55.0 Å². The summed E-state index contributed by atoms with van der Waals surface area (Å²) in [5.41, 5.74) is -0.121. The number of benzene rings is 3. The van der Waals surface area contributed by atoms with E-state index in [0.717, 1.165) is 6.42 Å². The minimum atomic E-state index is -0.798. The molecule has 0 aliphatic rings. The van der Waals surface area contributed by atoms with Crippen molar-refractivity contribution in [3.63, 3.8) is 0 Å². The number of hydrogen-bond donors (Lipinski definition) is 1. The SMILES string of the molecule is CCCNC(=O)c1cc2ccc(OC(=O)c3ccccc3C(=O)c3ccc(Cl)cc3)cc2oc1=O. The van der Waals surface area contributed by atoms with Crippen LogP contribution in [0.15, 0.2) is 82.0 Å². The van der Waals surface area contributed by atoms with E-state index in [-0.39, 0.29) is 33.8 Å². The number of ketones is 1. The van der Waals surface area contributed by atoms with Crippen molar-refractivity contribution in [2.75, 3.05) is 6.54 Å². The van der Waals surface area contributed by atoms with E-state index in [2.05, 4.69) is 5.32 Å². The Morgan fingerprint density at radius 3 is 2.34 bits per heavy atom. The maximum Gasteiger partial charge on any atom is 0.349 e. The van der Waals surface area contributed by atoms with Gasteiger partial charge in [0.05, 0.1) is 5.56 Å². The summed E-state index contributed by atoms with van der Waals surface area (Å²) in [7, 11) is 0. The molecule has 0 aliphatic carbocycles. The molecule has 0 spiro atoms. The lowest BCUT2D eigenvalue weighted by Crippen LogP contribution is -2.28. The average Bonchev–Trinajstić information content (AvgIpc) is 2.86. The van der Waals surface area contributed by atoms with Crippen LogP contribution < -0.4 is 15.7 Å². The van der Waals surface area contributed by atoms with Crippen molar-refractivity contribution >= 4 is 40.2 Å². The molecule has 1 N–H and O–H groups in total. The van der Waals surface area contributed by atoms with Gasteiger partial charge < -0.3 is 14.5 Å². The highest BCUT2D eigenvalue weighted by Crippen LogP contribution is 2.23. The Labute approximate surface area is 205 Å². The Hall–Kier alpha value is -4.23. The van der Waals surface area contributed by atoms with Crippen molar-refractivity contribution in [3.05, 3.63) is 110 Å². The van der Waals surface area contributed by atoms with Crippen molar-refractivity contribution in [1.82, 2.24) is 5.32 Å². The van der Waals surface area contributed by atoms with Gasteiger partial charge in [0, 0.05) is 34.1 Å². The molecule has 0 aliphatic heterocycles. The van der Waals surface area contributed by atoms with Gasteiger partial charge in [0.15, 0.2) is 5.78 Å². The number of hydrogen-bond acceptors (Lipinski definition) is 6. The summed E-state index contributed by atoms with van der Waals surface area (Å²) in [5.74, 6) is -1.50. The lowest BCUT2D eigenvalue weighted by molar-refractivity contribution is 0.0730. The molecule has 7 nitrogen and oxygen atoms in total. The van der Waals surface area contributed by atoms with E-state index in [1.54, 1.807) is 42.5 Å². The summed E-state index contributed by atoms with van der Waals surface area (Å²) in [6.07, 6.45) is 0.730. The van der Waals surface area contributed by atoms with E-state index in [1.165, 1.54) is 30.3 Å². The molecular weight excluding hydrogens is 470 g/mol. The van der Waals surface area contributed by atoms with E-state index in [9.17, 15) is 19.2 Å². The zero-order valence-corrected chi connectivity index (χ0v) is 19.4. The molecule has 0 atom stereocenters. The second-order valence-electron chi connectivity index (χ2n) is 7.67. The molecule has 3 aromatic carbocycles. The van der Waals surface area contributed by atoms with Crippen molar-refractivity contribution in [1.29, 1.82) is 0 Å². The smallest absolute Gasteiger partial charge is 0.349 e. The first-order chi connectivity index (χ1) is 16.9. The summed E-state index contributed by atoms with van der Waals surface area (Å²) < 4.78 is 10.8. The van der Waals surface area contributed by atoms with Gasteiger partial charge in [-0.15, -0.1) is 0 Å². The third-order valence-electron chi connectivity index (χ3n) is 5.20. The van der Waals surface area contributed by atoms with E-state index < -0.39 is 17.5 Å². The number of esters is 1. The van der Waals surface area contributed by atoms with Gasteiger partial charge in [0.2, 0.25) is 0 Å². The fourth-order valence-corrected chi connectivity index (χ4v) is 3.55. The Morgan fingerprint density at radius 2 is 1.63 bits per heavy atom. The van der Waals surface area contributed by atoms with Crippen LogP contribution in [0, 0.1) is 0 Å². The topological polar surface area (TPSA) is 103 Å². The van der Waals surface area contributed by atoms with Gasteiger partial charge in [-0.25, -0.2) is 9.59 Å². The zero-order chi connectivity index (χ0) is 24.9. The highest BCUT2D eigenvalue weighted by Gasteiger charge is 2.20. The fourth-order valence-electron chi connectivity index (χ4n) is 3.42. The van der Waals surface area contributed by atoms with Crippen molar-refractivity contribution in [2.24, 2.45) is 0 Å². The summed E-state index contributed by atoms with van der Waals surface area (Å²) in [6.45, 7) is 2.34. The normalized spacial score (nSPS) is 10.7. The van der Waals surface area contributed by atoms with Gasteiger partial charge in [-0.2, -0.15) is 0 Å². The van der Waals surface area contributed by atoms with E-state index in [0.29, 0.717) is 22.5 Å². The maximum atomic E-state index is 13.0. The minimum Gasteiger partial charge on any atom is -0.423 e. The van der Waals surface area contributed by atoms with Crippen LogP contribution in [-0.2, 0) is 0 Å². The molecule has 8 heteroatoms. The number of rotatable bonds is 7. The lowest BCUT2D eigenvalue weighted by Gasteiger charge is -2.10. The minimum absolute atomic E-state index is 0.0805. The molecule has 0 saturated carbocycles. The molecule has 35 heavy (non-hydrogen) atoms. The molecule has 176 valence electrons. The van der Waals surface area contributed by atoms with Gasteiger partial charge in [-0.1, -0.05) is 36.7 Å². The van der Waals surface area contributed by atoms with Gasteiger partial charge >= 0.3 is 11.6 Å². The molecule has 1 aromatic heterocycles. The number of ether oxygens (including phenoxy) is 1. The zero-order valence-electron chi connectivity index (χ0n) is 18.7. The summed E-state index contributed by atoms with van der Waals surface area (Å²) in [4.78, 5) is 50.4. The molecule has 0 bridgehead atoms. The van der Waals surface area contributed by atoms with E-state index in [1.807, 2.05) is 6.92 Å². The fraction of sp³-hybridized carbons (Fsp3) is 0.111. The Kier molecular flexibility index (Phi) is 7.08. The van der Waals surface area contributed by atoms with Crippen LogP contribution >= 0.6 is 11.6 Å². The second kappa shape index (κ2) is 10.4. The summed E-state index contributed by atoms with van der Waals surface area (Å²) in [6, 6.07) is 18.5. The highest BCUT2D eigenvalue weighted by molar-refractivity contribution is 6.30. The third-order valence-corrected chi connectivity index (χ3v) is 5.45. The van der Waals surface area contributed by atoms with Crippen LogP contribution in [0.4, 0.5) is 0 Å². The van der Waals surface area contributed by atoms with Crippen LogP contribution in [0.1, 0.15) is 50.0 Å². The van der Waals surface area contributed by atoms with Crippen molar-refractivity contribution in [3.8, 4) is 5.75 Å². The number of fused-ring (bicyclic) bond motifs is 1.